The molecule has 134 valence electrons. The molecule has 1 aromatic carbocycles. The number of aromatic nitrogens is 5. The summed E-state index contributed by atoms with van der Waals surface area (Å²) in [6, 6.07) is 12.1. The molecule has 0 spiro atoms. The van der Waals surface area contributed by atoms with Crippen molar-refractivity contribution in [2.75, 3.05) is 17.2 Å². The summed E-state index contributed by atoms with van der Waals surface area (Å²) in [5.74, 6) is 1.32. The molecule has 3 aromatic heterocycles. The van der Waals surface area contributed by atoms with Gasteiger partial charge in [0.1, 0.15) is 5.52 Å². The smallest absolute Gasteiger partial charge is 0.156 e. The first-order valence-electron chi connectivity index (χ1n) is 8.57. The summed E-state index contributed by atoms with van der Waals surface area (Å²) in [7, 11) is 0. The molecule has 0 aliphatic heterocycles. The Bertz CT molecular complexity index is 1120. The van der Waals surface area contributed by atoms with Gasteiger partial charge in [-0.3, -0.25) is 5.10 Å². The third-order valence-corrected chi connectivity index (χ3v) is 4.08. The van der Waals surface area contributed by atoms with E-state index in [0.29, 0.717) is 24.6 Å². The van der Waals surface area contributed by atoms with E-state index in [1.807, 2.05) is 43.5 Å². The summed E-state index contributed by atoms with van der Waals surface area (Å²) in [6.45, 7) is 2.56. The van der Waals surface area contributed by atoms with E-state index in [1.165, 1.54) is 0 Å². The highest BCUT2D eigenvalue weighted by Crippen LogP contribution is 2.29. The Hall–Kier alpha value is -3.86. The van der Waals surface area contributed by atoms with Crippen molar-refractivity contribution >= 4 is 28.5 Å². The predicted molar refractivity (Wildman–Crippen MR) is 105 cm³/mol. The van der Waals surface area contributed by atoms with Crippen LogP contribution < -0.4 is 10.6 Å². The molecule has 0 unspecified atom stereocenters. The molecule has 27 heavy (non-hydrogen) atoms. The van der Waals surface area contributed by atoms with Crippen molar-refractivity contribution in [3.05, 3.63) is 48.4 Å². The minimum absolute atomic E-state index is 0.463. The first kappa shape index (κ1) is 16.6. The predicted octanol–water partition coefficient (Wildman–Crippen LogP) is 3.73. The number of nitriles is 1. The minimum Gasteiger partial charge on any atom is -0.384 e. The number of anilines is 3. The Morgan fingerprint density at radius 3 is 2.96 bits per heavy atom. The Balaban J connectivity index is 1.65. The van der Waals surface area contributed by atoms with Gasteiger partial charge in [-0.25, -0.2) is 9.97 Å². The summed E-state index contributed by atoms with van der Waals surface area (Å²) < 4.78 is 0. The van der Waals surface area contributed by atoms with Gasteiger partial charge < -0.3 is 15.6 Å². The highest BCUT2D eigenvalue weighted by molar-refractivity contribution is 5.91. The van der Waals surface area contributed by atoms with Crippen LogP contribution in [0.4, 0.5) is 17.3 Å². The summed E-state index contributed by atoms with van der Waals surface area (Å²) in [5.41, 5.74) is 5.41. The molecule has 4 aromatic rings. The number of rotatable bonds is 6. The Morgan fingerprint density at radius 1 is 1.22 bits per heavy atom. The van der Waals surface area contributed by atoms with Crippen LogP contribution in [-0.4, -0.2) is 31.7 Å². The van der Waals surface area contributed by atoms with E-state index in [4.69, 9.17) is 10.2 Å². The lowest BCUT2D eigenvalue weighted by Gasteiger charge is -2.07. The van der Waals surface area contributed by atoms with Crippen molar-refractivity contribution in [3.63, 3.8) is 0 Å². The highest BCUT2D eigenvalue weighted by Gasteiger charge is 2.11. The average molecular weight is 358 g/mol. The molecule has 4 rings (SSSR count). The van der Waals surface area contributed by atoms with E-state index >= 15 is 0 Å². The van der Waals surface area contributed by atoms with Gasteiger partial charge in [0.05, 0.1) is 18.7 Å². The molecular weight excluding hydrogens is 340 g/mol. The van der Waals surface area contributed by atoms with Gasteiger partial charge in [-0.1, -0.05) is 12.1 Å². The molecule has 0 aliphatic carbocycles. The highest BCUT2D eigenvalue weighted by atomic mass is 15.2. The van der Waals surface area contributed by atoms with E-state index in [0.717, 1.165) is 33.7 Å². The summed E-state index contributed by atoms with van der Waals surface area (Å²) in [6.07, 6.45) is 4.04. The van der Waals surface area contributed by atoms with Gasteiger partial charge in [-0.2, -0.15) is 10.4 Å². The van der Waals surface area contributed by atoms with Crippen LogP contribution in [0.25, 0.3) is 22.3 Å². The second-order valence-electron chi connectivity index (χ2n) is 6.13. The quantitative estimate of drug-likeness (QED) is 0.390. The van der Waals surface area contributed by atoms with Crippen molar-refractivity contribution in [1.82, 2.24) is 25.1 Å². The van der Waals surface area contributed by atoms with Crippen molar-refractivity contribution < 1.29 is 0 Å². The molecule has 0 saturated heterocycles. The van der Waals surface area contributed by atoms with Crippen LogP contribution in [0.2, 0.25) is 0 Å². The standard InChI is InChI=1S/C19H18N8/c1-12-8-16(27-26-12)24-17-11-23-19-18(25-17)15(10-22-19)13-4-2-5-14(9-13)21-7-3-6-20/h2,4-5,8-11,21H,3,7H2,1H3,(H,22,23)(H2,24,25,26,27). The maximum atomic E-state index is 8.68. The zero-order valence-corrected chi connectivity index (χ0v) is 14.7. The van der Waals surface area contributed by atoms with Crippen LogP contribution in [0.15, 0.2) is 42.7 Å². The average Bonchev–Trinajstić information content (AvgIpc) is 3.28. The van der Waals surface area contributed by atoms with Crippen molar-refractivity contribution in [1.29, 1.82) is 5.26 Å². The molecule has 4 N–H and O–H groups in total. The lowest BCUT2D eigenvalue weighted by Crippen LogP contribution is -2.00. The molecule has 8 nitrogen and oxygen atoms in total. The molecule has 0 radical (unpaired) electrons. The zero-order chi connectivity index (χ0) is 18.6. The van der Waals surface area contributed by atoms with Crippen LogP contribution in [0.5, 0.6) is 0 Å². The van der Waals surface area contributed by atoms with Gasteiger partial charge in [0, 0.05) is 35.8 Å². The van der Waals surface area contributed by atoms with E-state index in [-0.39, 0.29) is 0 Å². The number of hydrogen-bond donors (Lipinski definition) is 4. The van der Waals surface area contributed by atoms with Gasteiger partial charge in [-0.15, -0.1) is 0 Å². The monoisotopic (exact) mass is 358 g/mol. The third kappa shape index (κ3) is 3.57. The fourth-order valence-electron chi connectivity index (χ4n) is 2.84. The molecule has 0 aliphatic rings. The molecule has 0 saturated carbocycles. The Kier molecular flexibility index (Phi) is 4.41. The van der Waals surface area contributed by atoms with Crippen molar-refractivity contribution in [2.24, 2.45) is 0 Å². The van der Waals surface area contributed by atoms with Gasteiger partial charge >= 0.3 is 0 Å². The maximum absolute atomic E-state index is 8.68. The van der Waals surface area contributed by atoms with Gasteiger partial charge in [-0.05, 0) is 24.6 Å². The number of benzene rings is 1. The molecule has 0 bridgehead atoms. The van der Waals surface area contributed by atoms with Crippen LogP contribution in [0.1, 0.15) is 12.1 Å². The van der Waals surface area contributed by atoms with Gasteiger partial charge in [0.25, 0.3) is 0 Å². The minimum atomic E-state index is 0.463. The van der Waals surface area contributed by atoms with Crippen molar-refractivity contribution in [2.45, 2.75) is 13.3 Å². The largest absolute Gasteiger partial charge is 0.384 e. The van der Waals surface area contributed by atoms with Crippen LogP contribution >= 0.6 is 0 Å². The SMILES string of the molecule is Cc1cc(Nc2cnc3[nH]cc(-c4cccc(NCCC#N)c4)c3n2)n[nH]1. The third-order valence-electron chi connectivity index (χ3n) is 4.08. The van der Waals surface area contributed by atoms with Crippen LogP contribution in [0, 0.1) is 18.3 Å². The molecule has 8 heteroatoms. The molecule has 0 atom stereocenters. The number of nitrogens with zero attached hydrogens (tertiary/aromatic N) is 4. The van der Waals surface area contributed by atoms with Gasteiger partial charge in [0.2, 0.25) is 0 Å². The maximum Gasteiger partial charge on any atom is 0.156 e. The molecule has 0 fully saturated rings. The van der Waals surface area contributed by atoms with E-state index in [1.54, 1.807) is 6.20 Å². The number of fused-ring (bicyclic) bond motifs is 1. The topological polar surface area (TPSA) is 118 Å². The normalized spacial score (nSPS) is 10.7. The zero-order valence-electron chi connectivity index (χ0n) is 14.7. The summed E-state index contributed by atoms with van der Waals surface area (Å²) in [4.78, 5) is 12.3. The van der Waals surface area contributed by atoms with E-state index in [2.05, 4.69) is 36.9 Å². The number of hydrogen-bond acceptors (Lipinski definition) is 6. The molecule has 3 heterocycles. The number of H-pyrrole nitrogens is 2. The van der Waals surface area contributed by atoms with Crippen LogP contribution in [0.3, 0.4) is 0 Å². The summed E-state index contributed by atoms with van der Waals surface area (Å²) >= 11 is 0. The lowest BCUT2D eigenvalue weighted by molar-refractivity contribution is 1.05. The number of aromatic amines is 2. The first-order chi connectivity index (χ1) is 13.2. The Morgan fingerprint density at radius 2 is 2.15 bits per heavy atom. The second-order valence-corrected chi connectivity index (χ2v) is 6.13. The van der Waals surface area contributed by atoms with E-state index in [9.17, 15) is 0 Å². The summed E-state index contributed by atoms with van der Waals surface area (Å²) in [5, 5.41) is 22.1. The van der Waals surface area contributed by atoms with Crippen LogP contribution in [-0.2, 0) is 0 Å². The second kappa shape index (κ2) is 7.17. The van der Waals surface area contributed by atoms with Gasteiger partial charge in [0.15, 0.2) is 17.3 Å². The lowest BCUT2D eigenvalue weighted by atomic mass is 10.1. The van der Waals surface area contributed by atoms with Crippen molar-refractivity contribution in [3.8, 4) is 17.2 Å². The molecular formula is C19H18N8. The fourth-order valence-corrected chi connectivity index (χ4v) is 2.84. The Labute approximate surface area is 155 Å². The van der Waals surface area contributed by atoms with E-state index < -0.39 is 0 Å². The first-order valence-corrected chi connectivity index (χ1v) is 8.57. The number of nitrogens with one attached hydrogen (secondary N) is 4. The molecule has 0 amide bonds. The number of aryl methyl sites for hydroxylation is 1. The fraction of sp³-hybridized carbons (Fsp3) is 0.158.